The Balaban J connectivity index is 2.05. The lowest BCUT2D eigenvalue weighted by Gasteiger charge is -2.19. The average molecular weight is 218 g/mol. The maximum Gasteiger partial charge on any atom is 0.0373 e. The molecule has 0 aromatic heterocycles. The second kappa shape index (κ2) is 4.00. The first-order valence-corrected chi connectivity index (χ1v) is 6.09. The van der Waals surface area contributed by atoms with E-state index < -0.39 is 0 Å². The zero-order chi connectivity index (χ0) is 11.8. The first-order valence-electron chi connectivity index (χ1n) is 6.09. The standard InChI is InChI=1S/C14H22N2/c1-10-8-11(15)4-5-13(10)16-12-6-7-14(2,3)9-12/h4-5,8,12,16H,6-7,9,15H2,1-3H3. The van der Waals surface area contributed by atoms with Crippen molar-refractivity contribution in [3.8, 4) is 0 Å². The molecule has 1 unspecified atom stereocenters. The molecule has 0 heterocycles. The molecule has 3 N–H and O–H groups in total. The van der Waals surface area contributed by atoms with Gasteiger partial charge in [0.15, 0.2) is 0 Å². The fourth-order valence-electron chi connectivity index (χ4n) is 2.63. The molecule has 0 aliphatic heterocycles. The van der Waals surface area contributed by atoms with Crippen LogP contribution in [0, 0.1) is 12.3 Å². The van der Waals surface area contributed by atoms with E-state index in [0.29, 0.717) is 11.5 Å². The van der Waals surface area contributed by atoms with Crippen molar-refractivity contribution in [2.24, 2.45) is 5.41 Å². The minimum Gasteiger partial charge on any atom is -0.399 e. The van der Waals surface area contributed by atoms with Crippen LogP contribution >= 0.6 is 0 Å². The summed E-state index contributed by atoms with van der Waals surface area (Å²) in [5, 5.41) is 3.64. The third-order valence-electron chi connectivity index (χ3n) is 3.58. The van der Waals surface area contributed by atoms with Crippen molar-refractivity contribution >= 4 is 11.4 Å². The maximum absolute atomic E-state index is 5.75. The smallest absolute Gasteiger partial charge is 0.0373 e. The fourth-order valence-corrected chi connectivity index (χ4v) is 2.63. The van der Waals surface area contributed by atoms with Gasteiger partial charge in [0.2, 0.25) is 0 Å². The highest BCUT2D eigenvalue weighted by atomic mass is 14.9. The Hall–Kier alpha value is -1.18. The van der Waals surface area contributed by atoms with Crippen LogP contribution in [0.4, 0.5) is 11.4 Å². The van der Waals surface area contributed by atoms with Gasteiger partial charge in [-0.3, -0.25) is 0 Å². The van der Waals surface area contributed by atoms with E-state index in [4.69, 9.17) is 5.73 Å². The highest BCUT2D eigenvalue weighted by Gasteiger charge is 2.30. The highest BCUT2D eigenvalue weighted by molar-refractivity contribution is 5.57. The van der Waals surface area contributed by atoms with Crippen molar-refractivity contribution in [1.29, 1.82) is 0 Å². The molecule has 0 bridgehead atoms. The predicted molar refractivity (Wildman–Crippen MR) is 70.6 cm³/mol. The third kappa shape index (κ3) is 2.49. The molecule has 88 valence electrons. The number of anilines is 2. The SMILES string of the molecule is Cc1cc(N)ccc1NC1CCC(C)(C)C1. The largest absolute Gasteiger partial charge is 0.399 e. The van der Waals surface area contributed by atoms with Gasteiger partial charge < -0.3 is 11.1 Å². The molecule has 1 aliphatic rings. The molecule has 1 aliphatic carbocycles. The van der Waals surface area contributed by atoms with Crippen molar-refractivity contribution in [2.45, 2.75) is 46.1 Å². The van der Waals surface area contributed by atoms with Gasteiger partial charge in [0, 0.05) is 17.4 Å². The first kappa shape index (κ1) is 11.3. The zero-order valence-electron chi connectivity index (χ0n) is 10.5. The van der Waals surface area contributed by atoms with E-state index in [2.05, 4.69) is 32.2 Å². The maximum atomic E-state index is 5.75. The van der Waals surface area contributed by atoms with E-state index in [1.165, 1.54) is 30.5 Å². The van der Waals surface area contributed by atoms with Gasteiger partial charge in [-0.1, -0.05) is 13.8 Å². The molecule has 2 heteroatoms. The Morgan fingerprint density at radius 2 is 2.12 bits per heavy atom. The van der Waals surface area contributed by atoms with Crippen LogP contribution in [0.3, 0.4) is 0 Å². The van der Waals surface area contributed by atoms with Crippen LogP contribution < -0.4 is 11.1 Å². The number of aryl methyl sites for hydroxylation is 1. The summed E-state index contributed by atoms with van der Waals surface area (Å²) in [6.07, 6.45) is 3.85. The van der Waals surface area contributed by atoms with Crippen LogP contribution in [0.15, 0.2) is 18.2 Å². The Labute approximate surface area is 98.2 Å². The van der Waals surface area contributed by atoms with Gasteiger partial charge in [-0.2, -0.15) is 0 Å². The molecule has 0 spiro atoms. The van der Waals surface area contributed by atoms with E-state index in [1.807, 2.05) is 12.1 Å². The van der Waals surface area contributed by atoms with E-state index in [9.17, 15) is 0 Å². The highest BCUT2D eigenvalue weighted by Crippen LogP contribution is 2.38. The van der Waals surface area contributed by atoms with E-state index in [0.717, 1.165) is 5.69 Å². The number of nitrogen functional groups attached to an aromatic ring is 1. The number of hydrogen-bond donors (Lipinski definition) is 2. The van der Waals surface area contributed by atoms with Crippen molar-refractivity contribution in [1.82, 2.24) is 0 Å². The Morgan fingerprint density at radius 1 is 1.38 bits per heavy atom. The molecule has 2 nitrogen and oxygen atoms in total. The second-order valence-electron chi connectivity index (χ2n) is 5.82. The molecule has 16 heavy (non-hydrogen) atoms. The molecule has 0 amide bonds. The Bertz CT molecular complexity index is 382. The van der Waals surface area contributed by atoms with E-state index in [1.54, 1.807) is 0 Å². The monoisotopic (exact) mass is 218 g/mol. The normalized spacial score (nSPS) is 23.3. The number of benzene rings is 1. The summed E-state index contributed by atoms with van der Waals surface area (Å²) in [6, 6.07) is 6.71. The molecular formula is C14H22N2. The van der Waals surface area contributed by atoms with Crippen molar-refractivity contribution in [2.75, 3.05) is 11.1 Å². The summed E-state index contributed by atoms with van der Waals surface area (Å²) in [5.41, 5.74) is 9.57. The molecule has 0 saturated heterocycles. The van der Waals surface area contributed by atoms with E-state index in [-0.39, 0.29) is 0 Å². The fraction of sp³-hybridized carbons (Fsp3) is 0.571. The van der Waals surface area contributed by atoms with Crippen molar-refractivity contribution < 1.29 is 0 Å². The second-order valence-corrected chi connectivity index (χ2v) is 5.82. The number of hydrogen-bond acceptors (Lipinski definition) is 2. The summed E-state index contributed by atoms with van der Waals surface area (Å²) >= 11 is 0. The van der Waals surface area contributed by atoms with E-state index >= 15 is 0 Å². The molecule has 1 atom stereocenters. The minimum atomic E-state index is 0.499. The molecule has 1 fully saturated rings. The Kier molecular flexibility index (Phi) is 2.83. The zero-order valence-corrected chi connectivity index (χ0v) is 10.5. The third-order valence-corrected chi connectivity index (χ3v) is 3.58. The van der Waals surface area contributed by atoms with Gasteiger partial charge in [-0.25, -0.2) is 0 Å². The van der Waals surface area contributed by atoms with Crippen LogP contribution in [0.5, 0.6) is 0 Å². The average Bonchev–Trinajstić information content (AvgIpc) is 2.51. The predicted octanol–water partition coefficient (Wildman–Crippen LogP) is 3.57. The molecule has 1 aromatic carbocycles. The first-order chi connectivity index (χ1) is 7.46. The summed E-state index contributed by atoms with van der Waals surface area (Å²) in [6.45, 7) is 6.81. The summed E-state index contributed by atoms with van der Waals surface area (Å²) < 4.78 is 0. The summed E-state index contributed by atoms with van der Waals surface area (Å²) in [5.74, 6) is 0. The van der Waals surface area contributed by atoms with Gasteiger partial charge >= 0.3 is 0 Å². The molecule has 0 radical (unpaired) electrons. The topological polar surface area (TPSA) is 38.0 Å². The minimum absolute atomic E-state index is 0.499. The number of rotatable bonds is 2. The van der Waals surface area contributed by atoms with Crippen molar-refractivity contribution in [3.05, 3.63) is 23.8 Å². The lowest BCUT2D eigenvalue weighted by molar-refractivity contribution is 0.378. The molecule has 1 saturated carbocycles. The summed E-state index contributed by atoms with van der Waals surface area (Å²) in [7, 11) is 0. The Morgan fingerprint density at radius 3 is 2.69 bits per heavy atom. The van der Waals surface area contributed by atoms with Crippen LogP contribution in [-0.4, -0.2) is 6.04 Å². The quantitative estimate of drug-likeness (QED) is 0.745. The van der Waals surface area contributed by atoms with Crippen molar-refractivity contribution in [3.63, 3.8) is 0 Å². The summed E-state index contributed by atoms with van der Waals surface area (Å²) in [4.78, 5) is 0. The van der Waals surface area contributed by atoms with Gasteiger partial charge in [0.25, 0.3) is 0 Å². The van der Waals surface area contributed by atoms with Crippen LogP contribution in [0.1, 0.15) is 38.7 Å². The van der Waals surface area contributed by atoms with Gasteiger partial charge in [0.1, 0.15) is 0 Å². The molecule has 1 aromatic rings. The number of nitrogens with one attached hydrogen (secondary N) is 1. The van der Waals surface area contributed by atoms with Gasteiger partial charge in [0.05, 0.1) is 0 Å². The molecule has 2 rings (SSSR count). The van der Waals surface area contributed by atoms with Gasteiger partial charge in [-0.15, -0.1) is 0 Å². The van der Waals surface area contributed by atoms with Crippen LogP contribution in [0.2, 0.25) is 0 Å². The molecular weight excluding hydrogens is 196 g/mol. The number of nitrogens with two attached hydrogens (primary N) is 1. The van der Waals surface area contributed by atoms with Gasteiger partial charge in [-0.05, 0) is 55.4 Å². The lowest BCUT2D eigenvalue weighted by Crippen LogP contribution is -2.18. The lowest BCUT2D eigenvalue weighted by atomic mass is 9.92. The van der Waals surface area contributed by atoms with Crippen LogP contribution in [0.25, 0.3) is 0 Å². The van der Waals surface area contributed by atoms with Crippen LogP contribution in [-0.2, 0) is 0 Å².